The Labute approximate surface area is 92.9 Å². The molecule has 16 heavy (non-hydrogen) atoms. The van der Waals surface area contributed by atoms with Gasteiger partial charge in [0.15, 0.2) is 0 Å². The molecular weight excluding hydrogens is 204 g/mol. The van der Waals surface area contributed by atoms with Crippen LogP contribution in [0.5, 0.6) is 0 Å². The highest BCUT2D eigenvalue weighted by atomic mass is 16.3. The number of carbonyl (C=O) groups is 1. The van der Waals surface area contributed by atoms with Crippen LogP contribution in [-0.4, -0.2) is 22.1 Å². The molecule has 0 spiro atoms. The Morgan fingerprint density at radius 1 is 1.44 bits per heavy atom. The smallest absolute Gasteiger partial charge is 0.252 e. The zero-order valence-corrected chi connectivity index (χ0v) is 8.84. The lowest BCUT2D eigenvalue weighted by Crippen LogP contribution is -2.24. The monoisotopic (exact) mass is 216 g/mol. The third-order valence-electron chi connectivity index (χ3n) is 2.24. The van der Waals surface area contributed by atoms with Gasteiger partial charge in [-0.25, -0.2) is 0 Å². The molecular formula is C12H12N2O2. The van der Waals surface area contributed by atoms with Crippen molar-refractivity contribution in [3.05, 3.63) is 36.5 Å². The topological polar surface area (TPSA) is 62.2 Å². The minimum absolute atomic E-state index is 0.433. The largest absolute Gasteiger partial charge is 0.384 e. The Hall–Kier alpha value is -1.94. The highest BCUT2D eigenvalue weighted by molar-refractivity contribution is 5.95. The van der Waals surface area contributed by atoms with E-state index in [1.165, 1.54) is 6.92 Å². The molecule has 0 bridgehead atoms. The summed E-state index contributed by atoms with van der Waals surface area (Å²) in [6.45, 7) is 1.42. The molecule has 1 aromatic heterocycles. The number of carbonyl (C=O) groups excluding carboxylic acids is 1. The normalized spacial score (nSPS) is 12.4. The third kappa shape index (κ3) is 2.17. The Balaban J connectivity index is 2.29. The molecule has 0 saturated heterocycles. The van der Waals surface area contributed by atoms with Gasteiger partial charge in [0, 0.05) is 5.39 Å². The van der Waals surface area contributed by atoms with Crippen LogP contribution in [0, 0.1) is 0 Å². The number of aliphatic hydroxyl groups is 1. The molecule has 1 aromatic carbocycles. The number of fused-ring (bicyclic) bond motifs is 1. The maximum Gasteiger partial charge on any atom is 0.252 e. The molecule has 0 aliphatic heterocycles. The standard InChI is InChI=1S/C12H12N2O2/c1-8(15)12(16)14-10-6-9-4-2-3-5-11(9)13-7-10/h2-8,15H,1H3,(H,14,16). The van der Waals surface area contributed by atoms with E-state index < -0.39 is 12.0 Å². The first-order chi connectivity index (χ1) is 7.66. The van der Waals surface area contributed by atoms with Crippen LogP contribution in [-0.2, 0) is 4.79 Å². The molecule has 1 heterocycles. The van der Waals surface area contributed by atoms with Crippen LogP contribution < -0.4 is 5.32 Å². The van der Waals surface area contributed by atoms with Gasteiger partial charge in [0.2, 0.25) is 0 Å². The molecule has 2 aromatic rings. The van der Waals surface area contributed by atoms with Gasteiger partial charge in [-0.2, -0.15) is 0 Å². The molecule has 2 N–H and O–H groups in total. The second-order valence-corrected chi connectivity index (χ2v) is 3.58. The number of anilines is 1. The number of amides is 1. The molecule has 0 saturated carbocycles. The van der Waals surface area contributed by atoms with Crippen molar-refractivity contribution in [3.8, 4) is 0 Å². The summed E-state index contributed by atoms with van der Waals surface area (Å²) in [4.78, 5) is 15.5. The first kappa shape index (κ1) is 10.6. The number of nitrogens with zero attached hydrogens (tertiary/aromatic N) is 1. The first-order valence-corrected chi connectivity index (χ1v) is 5.00. The number of hydrogen-bond acceptors (Lipinski definition) is 3. The quantitative estimate of drug-likeness (QED) is 0.800. The molecule has 0 aliphatic carbocycles. The van der Waals surface area contributed by atoms with E-state index in [0.29, 0.717) is 5.69 Å². The SMILES string of the molecule is CC(O)C(=O)Nc1cnc2ccccc2c1. The summed E-state index contributed by atoms with van der Waals surface area (Å²) >= 11 is 0. The van der Waals surface area contributed by atoms with Crippen molar-refractivity contribution in [3.63, 3.8) is 0 Å². The third-order valence-corrected chi connectivity index (χ3v) is 2.24. The van der Waals surface area contributed by atoms with Gasteiger partial charge in [0.1, 0.15) is 6.10 Å². The average molecular weight is 216 g/mol. The minimum Gasteiger partial charge on any atom is -0.384 e. The van der Waals surface area contributed by atoms with E-state index in [1.807, 2.05) is 30.3 Å². The van der Waals surface area contributed by atoms with Crippen molar-refractivity contribution in [2.75, 3.05) is 5.32 Å². The van der Waals surface area contributed by atoms with Crippen LogP contribution in [0.1, 0.15) is 6.92 Å². The molecule has 1 amide bonds. The summed E-state index contributed by atoms with van der Waals surface area (Å²) < 4.78 is 0. The number of pyridine rings is 1. The maximum absolute atomic E-state index is 11.3. The predicted molar refractivity (Wildman–Crippen MR) is 62.1 cm³/mol. The van der Waals surface area contributed by atoms with Crippen molar-refractivity contribution < 1.29 is 9.90 Å². The zero-order valence-electron chi connectivity index (χ0n) is 8.84. The summed E-state index contributed by atoms with van der Waals surface area (Å²) in [5.41, 5.74) is 1.46. The van der Waals surface area contributed by atoms with E-state index in [4.69, 9.17) is 5.11 Å². The van der Waals surface area contributed by atoms with Gasteiger partial charge in [-0.1, -0.05) is 18.2 Å². The molecule has 0 aliphatic rings. The van der Waals surface area contributed by atoms with E-state index in [2.05, 4.69) is 10.3 Å². The summed E-state index contributed by atoms with van der Waals surface area (Å²) in [6.07, 6.45) is 0.550. The van der Waals surface area contributed by atoms with Crippen molar-refractivity contribution in [1.29, 1.82) is 0 Å². The number of benzene rings is 1. The second kappa shape index (κ2) is 4.28. The van der Waals surface area contributed by atoms with Gasteiger partial charge in [0.25, 0.3) is 5.91 Å². The fourth-order valence-corrected chi connectivity index (χ4v) is 1.39. The van der Waals surface area contributed by atoms with E-state index in [-0.39, 0.29) is 0 Å². The molecule has 1 unspecified atom stereocenters. The van der Waals surface area contributed by atoms with Gasteiger partial charge in [-0.3, -0.25) is 9.78 Å². The van der Waals surface area contributed by atoms with Crippen molar-refractivity contribution >= 4 is 22.5 Å². The second-order valence-electron chi connectivity index (χ2n) is 3.58. The summed E-state index contributed by atoms with van der Waals surface area (Å²) in [6, 6.07) is 9.45. The average Bonchev–Trinajstić information content (AvgIpc) is 2.28. The van der Waals surface area contributed by atoms with Crippen LogP contribution in [0.3, 0.4) is 0 Å². The first-order valence-electron chi connectivity index (χ1n) is 5.00. The fraction of sp³-hybridized carbons (Fsp3) is 0.167. The van der Waals surface area contributed by atoms with Gasteiger partial charge >= 0.3 is 0 Å². The summed E-state index contributed by atoms with van der Waals surface area (Å²) in [5.74, 6) is -0.433. The molecule has 1 atom stereocenters. The number of nitrogens with one attached hydrogen (secondary N) is 1. The predicted octanol–water partition coefficient (Wildman–Crippen LogP) is 1.55. The van der Waals surface area contributed by atoms with E-state index in [1.54, 1.807) is 6.20 Å². The molecule has 82 valence electrons. The van der Waals surface area contributed by atoms with Crippen LogP contribution in [0.25, 0.3) is 10.9 Å². The Bertz CT molecular complexity index is 523. The Morgan fingerprint density at radius 3 is 2.94 bits per heavy atom. The van der Waals surface area contributed by atoms with Gasteiger partial charge < -0.3 is 10.4 Å². The Kier molecular flexibility index (Phi) is 2.83. The highest BCUT2D eigenvalue weighted by Gasteiger charge is 2.08. The molecule has 0 fully saturated rings. The van der Waals surface area contributed by atoms with Gasteiger partial charge in [-0.05, 0) is 19.1 Å². The lowest BCUT2D eigenvalue weighted by Gasteiger charge is -2.07. The van der Waals surface area contributed by atoms with E-state index in [0.717, 1.165) is 10.9 Å². The zero-order chi connectivity index (χ0) is 11.5. The van der Waals surface area contributed by atoms with Gasteiger partial charge in [0.05, 0.1) is 17.4 Å². The van der Waals surface area contributed by atoms with E-state index >= 15 is 0 Å². The molecule has 4 heteroatoms. The van der Waals surface area contributed by atoms with Crippen molar-refractivity contribution in [2.45, 2.75) is 13.0 Å². The number of aliphatic hydroxyl groups excluding tert-OH is 1. The molecule has 4 nitrogen and oxygen atoms in total. The lowest BCUT2D eigenvalue weighted by atomic mass is 10.2. The van der Waals surface area contributed by atoms with Crippen molar-refractivity contribution in [1.82, 2.24) is 4.98 Å². The number of aromatic nitrogens is 1. The fourth-order valence-electron chi connectivity index (χ4n) is 1.39. The number of rotatable bonds is 2. The highest BCUT2D eigenvalue weighted by Crippen LogP contribution is 2.15. The van der Waals surface area contributed by atoms with Crippen LogP contribution in [0.15, 0.2) is 36.5 Å². The number of para-hydroxylation sites is 1. The summed E-state index contributed by atoms with van der Waals surface area (Å²) in [7, 11) is 0. The molecule has 2 rings (SSSR count). The molecule has 0 radical (unpaired) electrons. The van der Waals surface area contributed by atoms with Crippen LogP contribution in [0.4, 0.5) is 5.69 Å². The minimum atomic E-state index is -1.02. The number of hydrogen-bond donors (Lipinski definition) is 2. The van der Waals surface area contributed by atoms with Crippen LogP contribution >= 0.6 is 0 Å². The summed E-state index contributed by atoms with van der Waals surface area (Å²) in [5, 5.41) is 12.6. The van der Waals surface area contributed by atoms with Gasteiger partial charge in [-0.15, -0.1) is 0 Å². The van der Waals surface area contributed by atoms with Crippen molar-refractivity contribution in [2.24, 2.45) is 0 Å². The maximum atomic E-state index is 11.3. The van der Waals surface area contributed by atoms with Crippen LogP contribution in [0.2, 0.25) is 0 Å². The Morgan fingerprint density at radius 2 is 2.19 bits per heavy atom. The van der Waals surface area contributed by atoms with E-state index in [9.17, 15) is 4.79 Å². The lowest BCUT2D eigenvalue weighted by molar-refractivity contribution is -0.123.